The summed E-state index contributed by atoms with van der Waals surface area (Å²) in [5, 5.41) is 6.22. The van der Waals surface area contributed by atoms with Crippen molar-refractivity contribution in [2.45, 2.75) is 136 Å². The fourth-order valence-corrected chi connectivity index (χ4v) is 6.58. The van der Waals surface area contributed by atoms with Gasteiger partial charge in [0.05, 0.1) is 6.61 Å². The van der Waals surface area contributed by atoms with Crippen molar-refractivity contribution in [2.24, 2.45) is 5.92 Å². The summed E-state index contributed by atoms with van der Waals surface area (Å²) in [6.07, 6.45) is 19.8. The Hall–Kier alpha value is -3.10. The lowest BCUT2D eigenvalue weighted by molar-refractivity contribution is -0.160. The predicted octanol–water partition coefficient (Wildman–Crippen LogP) is 6.98. The molecule has 0 radical (unpaired) electrons. The molecule has 2 N–H and O–H groups in total. The Morgan fingerprint density at radius 3 is 2.02 bits per heavy atom. The molecule has 0 aromatic heterocycles. The lowest BCUT2D eigenvalue weighted by Gasteiger charge is -2.36. The van der Waals surface area contributed by atoms with E-state index in [2.05, 4.69) is 17.6 Å². The molecule has 46 heavy (non-hydrogen) atoms. The maximum atomic E-state index is 13.1. The molecule has 0 atom stereocenters. The molecule has 258 valence electrons. The number of amides is 4. The van der Waals surface area contributed by atoms with Crippen molar-refractivity contribution in [1.29, 1.82) is 0 Å². The number of benzene rings is 1. The Morgan fingerprint density at radius 2 is 1.41 bits per heavy atom. The minimum atomic E-state index is -0.852. The number of unbranched alkanes of at least 4 members (excludes halogenated alkanes) is 9. The standard InChI is InChI=1S/C37H60N4O5/c1-3-5-6-7-8-9-10-11-12-16-25-38-34(42)32-21-19-30(20-22-32)28-41(35(43)36(44)46-4-2)29-31-23-26-40(27-24-31)37(45)39-33-17-14-13-15-18-33/h19-22,31,33H,3-18,23-29H2,1-2H3,(H,38,42)(H,39,45). The van der Waals surface area contributed by atoms with E-state index < -0.39 is 11.9 Å². The van der Waals surface area contributed by atoms with Crippen molar-refractivity contribution < 1.29 is 23.9 Å². The van der Waals surface area contributed by atoms with Crippen LogP contribution in [0, 0.1) is 5.92 Å². The topological polar surface area (TPSA) is 108 Å². The van der Waals surface area contributed by atoms with Crippen molar-refractivity contribution in [3.05, 3.63) is 35.4 Å². The van der Waals surface area contributed by atoms with E-state index in [1.54, 1.807) is 24.0 Å². The summed E-state index contributed by atoms with van der Waals surface area (Å²) in [5.74, 6) is -1.43. The highest BCUT2D eigenvalue weighted by atomic mass is 16.5. The molecule has 1 saturated heterocycles. The van der Waals surface area contributed by atoms with Crippen LogP contribution in [-0.4, -0.2) is 72.4 Å². The summed E-state index contributed by atoms with van der Waals surface area (Å²) in [4.78, 5) is 54.4. The zero-order chi connectivity index (χ0) is 33.0. The summed E-state index contributed by atoms with van der Waals surface area (Å²) >= 11 is 0. The predicted molar refractivity (Wildman–Crippen MR) is 182 cm³/mol. The van der Waals surface area contributed by atoms with Crippen LogP contribution in [0.25, 0.3) is 0 Å². The fourth-order valence-electron chi connectivity index (χ4n) is 6.58. The van der Waals surface area contributed by atoms with E-state index in [1.165, 1.54) is 70.6 Å². The second-order valence-corrected chi connectivity index (χ2v) is 13.3. The van der Waals surface area contributed by atoms with Gasteiger partial charge in [0.15, 0.2) is 0 Å². The average Bonchev–Trinajstić information content (AvgIpc) is 3.07. The molecule has 9 nitrogen and oxygen atoms in total. The molecule has 2 aliphatic rings. The number of piperidine rings is 1. The maximum absolute atomic E-state index is 13.1. The number of ether oxygens (including phenoxy) is 1. The molecule has 9 heteroatoms. The second-order valence-electron chi connectivity index (χ2n) is 13.3. The van der Waals surface area contributed by atoms with Gasteiger partial charge in [0.25, 0.3) is 5.91 Å². The van der Waals surface area contributed by atoms with Crippen LogP contribution in [0.5, 0.6) is 0 Å². The minimum absolute atomic E-state index is 0.0115. The van der Waals surface area contributed by atoms with E-state index in [9.17, 15) is 19.2 Å². The SMILES string of the molecule is CCCCCCCCCCCCNC(=O)c1ccc(CN(CC2CCN(C(=O)NC3CCCCC3)CC2)C(=O)C(=O)OCC)cc1. The number of urea groups is 1. The number of hydrogen-bond acceptors (Lipinski definition) is 5. The second kappa shape index (κ2) is 21.6. The average molecular weight is 641 g/mol. The zero-order valence-electron chi connectivity index (χ0n) is 28.7. The third-order valence-corrected chi connectivity index (χ3v) is 9.46. The van der Waals surface area contributed by atoms with Crippen LogP contribution >= 0.6 is 0 Å². The summed E-state index contributed by atoms with van der Waals surface area (Å²) in [6, 6.07) is 7.54. The molecule has 3 rings (SSSR count). The lowest BCUT2D eigenvalue weighted by Crippen LogP contribution is -2.49. The summed E-state index contributed by atoms with van der Waals surface area (Å²) in [6.45, 7) is 6.66. The molecule has 1 aliphatic heterocycles. The number of carbonyl (C=O) groups excluding carboxylic acids is 4. The number of esters is 1. The highest BCUT2D eigenvalue weighted by Gasteiger charge is 2.30. The van der Waals surface area contributed by atoms with Gasteiger partial charge in [-0.05, 0) is 62.6 Å². The zero-order valence-corrected chi connectivity index (χ0v) is 28.7. The Kier molecular flexibility index (Phi) is 17.6. The van der Waals surface area contributed by atoms with Crippen molar-refractivity contribution in [3.8, 4) is 0 Å². The largest absolute Gasteiger partial charge is 0.459 e. The van der Waals surface area contributed by atoms with Gasteiger partial charge in [0.1, 0.15) is 0 Å². The molecule has 1 aromatic carbocycles. The number of carbonyl (C=O) groups is 4. The number of hydrogen-bond donors (Lipinski definition) is 2. The number of likely N-dealkylation sites (tertiary alicyclic amines) is 1. The maximum Gasteiger partial charge on any atom is 0.397 e. The summed E-state index contributed by atoms with van der Waals surface area (Å²) in [7, 11) is 0. The van der Waals surface area contributed by atoms with E-state index in [-0.39, 0.29) is 37.0 Å². The fraction of sp³-hybridized carbons (Fsp3) is 0.730. The summed E-state index contributed by atoms with van der Waals surface area (Å²) < 4.78 is 5.03. The highest BCUT2D eigenvalue weighted by Crippen LogP contribution is 2.22. The third-order valence-electron chi connectivity index (χ3n) is 9.46. The van der Waals surface area contributed by atoms with E-state index in [0.29, 0.717) is 31.7 Å². The summed E-state index contributed by atoms with van der Waals surface area (Å²) in [5.41, 5.74) is 1.42. The molecular formula is C37H60N4O5. The molecular weight excluding hydrogens is 580 g/mol. The van der Waals surface area contributed by atoms with Gasteiger partial charge in [0, 0.05) is 44.3 Å². The molecule has 1 aliphatic carbocycles. The Labute approximate surface area is 277 Å². The van der Waals surface area contributed by atoms with Crippen molar-refractivity contribution in [1.82, 2.24) is 20.4 Å². The van der Waals surface area contributed by atoms with Crippen molar-refractivity contribution in [3.63, 3.8) is 0 Å². The van der Waals surface area contributed by atoms with Crippen molar-refractivity contribution >= 4 is 23.8 Å². The highest BCUT2D eigenvalue weighted by molar-refractivity contribution is 6.32. The Morgan fingerprint density at radius 1 is 0.804 bits per heavy atom. The van der Waals surface area contributed by atoms with Crippen LogP contribution in [0.4, 0.5) is 4.79 Å². The molecule has 1 saturated carbocycles. The minimum Gasteiger partial charge on any atom is -0.459 e. The van der Waals surface area contributed by atoms with Crippen LogP contribution in [0.3, 0.4) is 0 Å². The number of nitrogens with zero attached hydrogens (tertiary/aromatic N) is 2. The first-order valence-corrected chi connectivity index (χ1v) is 18.3. The van der Waals surface area contributed by atoms with Gasteiger partial charge in [0.2, 0.25) is 0 Å². The van der Waals surface area contributed by atoms with Gasteiger partial charge in [-0.25, -0.2) is 9.59 Å². The molecule has 0 spiro atoms. The van der Waals surface area contributed by atoms with Crippen LogP contribution in [0.2, 0.25) is 0 Å². The smallest absolute Gasteiger partial charge is 0.397 e. The van der Waals surface area contributed by atoms with Crippen molar-refractivity contribution in [2.75, 3.05) is 32.8 Å². The van der Waals surface area contributed by atoms with Gasteiger partial charge >= 0.3 is 17.9 Å². The Balaban J connectivity index is 1.42. The van der Waals surface area contributed by atoms with E-state index in [0.717, 1.165) is 44.1 Å². The van der Waals surface area contributed by atoms with Gasteiger partial charge in [-0.2, -0.15) is 0 Å². The quantitative estimate of drug-likeness (QED) is 0.102. The first-order valence-electron chi connectivity index (χ1n) is 18.3. The molecule has 2 fully saturated rings. The molecule has 1 aromatic rings. The number of nitrogens with one attached hydrogen (secondary N) is 2. The van der Waals surface area contributed by atoms with Crippen LogP contribution in [-0.2, 0) is 20.9 Å². The first-order chi connectivity index (χ1) is 22.4. The van der Waals surface area contributed by atoms with Gasteiger partial charge in [-0.1, -0.05) is 96.1 Å². The van der Waals surface area contributed by atoms with Gasteiger partial charge in [-0.15, -0.1) is 0 Å². The molecule has 0 bridgehead atoms. The number of rotatable bonds is 18. The van der Waals surface area contributed by atoms with Crippen LogP contribution in [0.1, 0.15) is 139 Å². The van der Waals surface area contributed by atoms with E-state index >= 15 is 0 Å². The van der Waals surface area contributed by atoms with Crippen LogP contribution < -0.4 is 10.6 Å². The normalized spacial score (nSPS) is 15.7. The van der Waals surface area contributed by atoms with E-state index in [1.807, 2.05) is 17.0 Å². The molecule has 1 heterocycles. The molecule has 4 amide bonds. The third kappa shape index (κ3) is 13.7. The molecule has 0 unspecified atom stereocenters. The monoisotopic (exact) mass is 640 g/mol. The van der Waals surface area contributed by atoms with E-state index in [4.69, 9.17) is 4.74 Å². The van der Waals surface area contributed by atoms with Crippen LogP contribution in [0.15, 0.2) is 24.3 Å². The van der Waals surface area contributed by atoms with Gasteiger partial charge < -0.3 is 25.2 Å². The Bertz CT molecular complexity index is 1050. The lowest BCUT2D eigenvalue weighted by atomic mass is 9.95. The first kappa shape index (κ1) is 37.4. The van der Waals surface area contributed by atoms with Gasteiger partial charge in [-0.3, -0.25) is 9.59 Å².